The van der Waals surface area contributed by atoms with Crippen molar-refractivity contribution < 1.29 is 28.5 Å². The number of nitrogens with one attached hydrogen (secondary N) is 2. The van der Waals surface area contributed by atoms with Crippen molar-refractivity contribution in [3.05, 3.63) is 47.5 Å². The number of fused-ring (bicyclic) bond motifs is 1. The van der Waals surface area contributed by atoms with Gasteiger partial charge in [0.2, 0.25) is 10.0 Å². The summed E-state index contributed by atoms with van der Waals surface area (Å²) in [7, 11) is -3.53. The molecule has 1 aliphatic rings. The molecule has 9 heteroatoms. The molecule has 0 bridgehead atoms. The van der Waals surface area contributed by atoms with Crippen molar-refractivity contribution in [2.75, 3.05) is 30.7 Å². The Kier molecular flexibility index (Phi) is 7.06. The van der Waals surface area contributed by atoms with Gasteiger partial charge in [0.25, 0.3) is 0 Å². The maximum absolute atomic E-state index is 11.3. The highest BCUT2D eigenvalue weighted by Crippen LogP contribution is 2.31. The minimum absolute atomic E-state index is 0.0197. The molecule has 2 aromatic carbocycles. The molecule has 1 unspecified atom stereocenters. The number of hydrogen-bond acceptors (Lipinski definition) is 7. The van der Waals surface area contributed by atoms with Crippen LogP contribution in [-0.4, -0.2) is 55.8 Å². The number of phenols is 2. The third-order valence-electron chi connectivity index (χ3n) is 5.08. The molecule has 0 aliphatic heterocycles. The normalized spacial score (nSPS) is 17.2. The van der Waals surface area contributed by atoms with E-state index in [-0.39, 0.29) is 18.0 Å². The van der Waals surface area contributed by atoms with Gasteiger partial charge in [0.05, 0.1) is 11.9 Å². The van der Waals surface area contributed by atoms with Crippen LogP contribution in [0.15, 0.2) is 36.4 Å². The third kappa shape index (κ3) is 6.25. The van der Waals surface area contributed by atoms with Gasteiger partial charge in [-0.05, 0) is 61.1 Å². The Morgan fingerprint density at radius 1 is 1.20 bits per heavy atom. The summed E-state index contributed by atoms with van der Waals surface area (Å²) in [6.07, 6.45) is 2.97. The van der Waals surface area contributed by atoms with Gasteiger partial charge in [-0.25, -0.2) is 8.42 Å². The molecule has 0 aromatic heterocycles. The largest absolute Gasteiger partial charge is 0.508 e. The second-order valence-electron chi connectivity index (χ2n) is 7.70. The van der Waals surface area contributed by atoms with Gasteiger partial charge in [-0.3, -0.25) is 4.72 Å². The third-order valence-corrected chi connectivity index (χ3v) is 5.67. The van der Waals surface area contributed by atoms with E-state index in [1.54, 1.807) is 6.07 Å². The highest BCUT2D eigenvalue weighted by Gasteiger charge is 2.20. The summed E-state index contributed by atoms with van der Waals surface area (Å²) in [6, 6.07) is 9.83. The van der Waals surface area contributed by atoms with Gasteiger partial charge >= 0.3 is 0 Å². The molecule has 2 atom stereocenters. The van der Waals surface area contributed by atoms with Gasteiger partial charge in [-0.1, -0.05) is 12.1 Å². The molecule has 164 valence electrons. The van der Waals surface area contributed by atoms with Crippen molar-refractivity contribution in [1.29, 1.82) is 0 Å². The molecule has 0 saturated carbocycles. The van der Waals surface area contributed by atoms with Crippen molar-refractivity contribution in [3.8, 4) is 17.2 Å². The smallest absolute Gasteiger partial charge is 0.229 e. The summed E-state index contributed by atoms with van der Waals surface area (Å²) in [5.74, 6) is 0.934. The van der Waals surface area contributed by atoms with Gasteiger partial charge in [-0.15, -0.1) is 0 Å². The van der Waals surface area contributed by atoms with Gasteiger partial charge in [0.15, 0.2) is 0 Å². The van der Waals surface area contributed by atoms with Crippen molar-refractivity contribution in [1.82, 2.24) is 5.32 Å². The first kappa shape index (κ1) is 22.2. The Bertz CT molecular complexity index is 979. The molecule has 0 saturated heterocycles. The first-order chi connectivity index (χ1) is 14.2. The van der Waals surface area contributed by atoms with Crippen LogP contribution in [0.1, 0.15) is 17.5 Å². The van der Waals surface area contributed by atoms with E-state index >= 15 is 0 Å². The standard InChI is InChI=1S/C21H28N2O6S/c1-30(27,28)23-19-10-17(6-8-21(19)26)29-13-16(24)12-22-11-14-5-7-18-15(9-14)3-2-4-20(18)25/h2-4,6,8,10,14,16,22-26H,5,7,9,11-13H2,1H3/t14?,16-/m0/s1. The molecule has 0 radical (unpaired) electrons. The van der Waals surface area contributed by atoms with E-state index in [2.05, 4.69) is 16.1 Å². The topological polar surface area (TPSA) is 128 Å². The van der Waals surface area contributed by atoms with Crippen molar-refractivity contribution in [2.45, 2.75) is 25.4 Å². The average molecular weight is 437 g/mol. The molecule has 0 spiro atoms. The van der Waals surface area contributed by atoms with Crippen LogP contribution in [0.2, 0.25) is 0 Å². The van der Waals surface area contributed by atoms with Gasteiger partial charge in [0, 0.05) is 12.6 Å². The lowest BCUT2D eigenvalue weighted by Crippen LogP contribution is -2.35. The van der Waals surface area contributed by atoms with Gasteiger partial charge < -0.3 is 25.4 Å². The lowest BCUT2D eigenvalue weighted by molar-refractivity contribution is 0.105. The molecule has 5 N–H and O–H groups in total. The molecule has 1 aliphatic carbocycles. The van der Waals surface area contributed by atoms with Gasteiger partial charge in [0.1, 0.15) is 30.0 Å². The summed E-state index contributed by atoms with van der Waals surface area (Å²) in [4.78, 5) is 0. The Morgan fingerprint density at radius 3 is 2.77 bits per heavy atom. The van der Waals surface area contributed by atoms with E-state index in [1.165, 1.54) is 23.8 Å². The number of aromatic hydroxyl groups is 2. The highest BCUT2D eigenvalue weighted by molar-refractivity contribution is 7.92. The lowest BCUT2D eigenvalue weighted by Gasteiger charge is -2.26. The fraction of sp³-hybridized carbons (Fsp3) is 0.429. The molecule has 2 aromatic rings. The van der Waals surface area contributed by atoms with E-state index in [4.69, 9.17) is 4.74 Å². The number of phenolic OH excluding ortho intramolecular Hbond substituents is 2. The van der Waals surface area contributed by atoms with Crippen LogP contribution >= 0.6 is 0 Å². The number of hydrogen-bond donors (Lipinski definition) is 5. The molecule has 3 rings (SSSR count). The van der Waals surface area contributed by atoms with Crippen molar-refractivity contribution in [2.24, 2.45) is 5.92 Å². The number of benzene rings is 2. The number of anilines is 1. The minimum atomic E-state index is -3.53. The lowest BCUT2D eigenvalue weighted by atomic mass is 9.83. The summed E-state index contributed by atoms with van der Waals surface area (Å²) in [5, 5.41) is 33.1. The Morgan fingerprint density at radius 2 is 2.00 bits per heavy atom. The Labute approximate surface area is 176 Å². The number of rotatable bonds is 9. The van der Waals surface area contributed by atoms with E-state index in [0.717, 1.165) is 37.6 Å². The summed E-state index contributed by atoms with van der Waals surface area (Å²) >= 11 is 0. The maximum Gasteiger partial charge on any atom is 0.229 e. The van der Waals surface area contributed by atoms with E-state index in [1.807, 2.05) is 6.07 Å². The molecule has 8 nitrogen and oxygen atoms in total. The SMILES string of the molecule is CS(=O)(=O)Nc1cc(OC[C@@H](O)CNCC2CCc3c(O)cccc3C2)ccc1O. The van der Waals surface area contributed by atoms with Crippen LogP contribution in [0.5, 0.6) is 17.2 Å². The monoisotopic (exact) mass is 436 g/mol. The minimum Gasteiger partial charge on any atom is -0.508 e. The van der Waals surface area contributed by atoms with E-state index in [0.29, 0.717) is 24.0 Å². The van der Waals surface area contributed by atoms with Gasteiger partial charge in [-0.2, -0.15) is 0 Å². The molecule has 0 amide bonds. The molecule has 30 heavy (non-hydrogen) atoms. The summed E-state index contributed by atoms with van der Waals surface area (Å²) in [6.45, 7) is 1.14. The Hall–Kier alpha value is -2.49. The van der Waals surface area contributed by atoms with Crippen LogP contribution in [0.4, 0.5) is 5.69 Å². The van der Waals surface area contributed by atoms with Crippen LogP contribution in [-0.2, 0) is 22.9 Å². The molecule has 0 fully saturated rings. The van der Waals surface area contributed by atoms with Crippen LogP contribution in [0.25, 0.3) is 0 Å². The van der Waals surface area contributed by atoms with Crippen LogP contribution in [0.3, 0.4) is 0 Å². The van der Waals surface area contributed by atoms with E-state index in [9.17, 15) is 23.7 Å². The number of aliphatic hydroxyl groups is 1. The maximum atomic E-state index is 11.3. The number of aliphatic hydroxyl groups excluding tert-OH is 1. The van der Waals surface area contributed by atoms with Crippen LogP contribution < -0.4 is 14.8 Å². The fourth-order valence-electron chi connectivity index (χ4n) is 3.63. The average Bonchev–Trinajstić information content (AvgIpc) is 2.68. The summed E-state index contributed by atoms with van der Waals surface area (Å²) in [5.41, 5.74) is 2.25. The quantitative estimate of drug-likeness (QED) is 0.378. The summed E-state index contributed by atoms with van der Waals surface area (Å²) < 4.78 is 30.4. The zero-order valence-corrected chi connectivity index (χ0v) is 17.7. The predicted molar refractivity (Wildman–Crippen MR) is 115 cm³/mol. The highest BCUT2D eigenvalue weighted by atomic mass is 32.2. The van der Waals surface area contributed by atoms with Crippen molar-refractivity contribution >= 4 is 15.7 Å². The predicted octanol–water partition coefficient (Wildman–Crippen LogP) is 1.60. The van der Waals surface area contributed by atoms with Crippen molar-refractivity contribution in [3.63, 3.8) is 0 Å². The first-order valence-corrected chi connectivity index (χ1v) is 11.7. The second kappa shape index (κ2) is 9.55. The molecular formula is C21H28N2O6S. The zero-order valence-electron chi connectivity index (χ0n) is 16.8. The zero-order chi connectivity index (χ0) is 21.7. The Balaban J connectivity index is 1.42. The number of ether oxygens (including phenoxy) is 1. The molecule has 0 heterocycles. The fourth-order valence-corrected chi connectivity index (χ4v) is 4.19. The van der Waals surface area contributed by atoms with Crippen LogP contribution in [0, 0.1) is 5.92 Å². The number of sulfonamides is 1. The molecular weight excluding hydrogens is 408 g/mol. The first-order valence-electron chi connectivity index (χ1n) is 9.83. The second-order valence-corrected chi connectivity index (χ2v) is 9.45. The van der Waals surface area contributed by atoms with E-state index < -0.39 is 16.1 Å².